The van der Waals surface area contributed by atoms with Crippen molar-refractivity contribution >= 4 is 11.6 Å². The maximum absolute atomic E-state index is 13.2. The summed E-state index contributed by atoms with van der Waals surface area (Å²) in [5.74, 6) is -2.14. The molecule has 0 aliphatic heterocycles. The van der Waals surface area contributed by atoms with Gasteiger partial charge in [0.25, 0.3) is 12.3 Å². The zero-order chi connectivity index (χ0) is 14.6. The fourth-order valence-electron chi connectivity index (χ4n) is 1.18. The van der Waals surface area contributed by atoms with Crippen molar-refractivity contribution in [1.29, 1.82) is 0 Å². The standard InChI is InChI=1S/C10H9F3N2O4/c11-6-3-5(1-2-7(6)15(18)19)10(17)14-4-8(16)9(12)13/h1-3,8-9,16H,4H2,(H,14,17). The molecule has 0 bridgehead atoms. The van der Waals surface area contributed by atoms with Gasteiger partial charge in [0.05, 0.1) is 4.92 Å². The average molecular weight is 278 g/mol. The van der Waals surface area contributed by atoms with E-state index in [1.807, 2.05) is 5.32 Å². The highest BCUT2D eigenvalue weighted by atomic mass is 19.3. The Morgan fingerprint density at radius 2 is 2.11 bits per heavy atom. The van der Waals surface area contributed by atoms with Gasteiger partial charge in [0, 0.05) is 18.2 Å². The summed E-state index contributed by atoms with van der Waals surface area (Å²) in [5, 5.41) is 21.1. The molecular weight excluding hydrogens is 269 g/mol. The Labute approximate surface area is 105 Å². The molecule has 1 aromatic carbocycles. The van der Waals surface area contributed by atoms with Crippen molar-refractivity contribution in [3.8, 4) is 0 Å². The lowest BCUT2D eigenvalue weighted by Gasteiger charge is -2.10. The molecule has 0 aliphatic carbocycles. The molecule has 6 nitrogen and oxygen atoms in total. The van der Waals surface area contributed by atoms with Crippen molar-refractivity contribution in [1.82, 2.24) is 5.32 Å². The number of carbonyl (C=O) groups is 1. The van der Waals surface area contributed by atoms with Crippen molar-refractivity contribution in [2.75, 3.05) is 6.54 Å². The smallest absolute Gasteiger partial charge is 0.304 e. The Morgan fingerprint density at radius 3 is 2.58 bits per heavy atom. The van der Waals surface area contributed by atoms with Gasteiger partial charge in [0.15, 0.2) is 0 Å². The van der Waals surface area contributed by atoms with E-state index in [1.165, 1.54) is 0 Å². The van der Waals surface area contributed by atoms with Crippen molar-refractivity contribution in [2.45, 2.75) is 12.5 Å². The van der Waals surface area contributed by atoms with Crippen LogP contribution in [0, 0.1) is 15.9 Å². The number of halogens is 3. The highest BCUT2D eigenvalue weighted by Crippen LogP contribution is 2.17. The highest BCUT2D eigenvalue weighted by molar-refractivity contribution is 5.94. The van der Waals surface area contributed by atoms with E-state index < -0.39 is 41.4 Å². The molecule has 0 spiro atoms. The number of carbonyl (C=O) groups excluding carboxylic acids is 1. The van der Waals surface area contributed by atoms with Crippen LogP contribution >= 0.6 is 0 Å². The van der Waals surface area contributed by atoms with Crippen LogP contribution in [0.2, 0.25) is 0 Å². The second-order valence-corrected chi connectivity index (χ2v) is 3.54. The third kappa shape index (κ3) is 3.91. The van der Waals surface area contributed by atoms with Gasteiger partial charge in [-0.2, -0.15) is 4.39 Å². The maximum atomic E-state index is 13.2. The van der Waals surface area contributed by atoms with Crippen LogP contribution in [0.1, 0.15) is 10.4 Å². The van der Waals surface area contributed by atoms with E-state index in [0.717, 1.165) is 12.1 Å². The molecule has 0 radical (unpaired) electrons. The molecule has 0 heterocycles. The molecule has 2 N–H and O–H groups in total. The van der Waals surface area contributed by atoms with E-state index in [1.54, 1.807) is 0 Å². The predicted molar refractivity (Wildman–Crippen MR) is 57.4 cm³/mol. The second kappa shape index (κ2) is 6.14. The summed E-state index contributed by atoms with van der Waals surface area (Å²) in [6.45, 7) is -0.713. The van der Waals surface area contributed by atoms with E-state index in [9.17, 15) is 28.1 Å². The van der Waals surface area contributed by atoms with Crippen LogP contribution in [0.15, 0.2) is 18.2 Å². The van der Waals surface area contributed by atoms with Crippen LogP contribution in [0.3, 0.4) is 0 Å². The molecule has 1 aromatic rings. The van der Waals surface area contributed by atoms with Gasteiger partial charge in [-0.15, -0.1) is 0 Å². The van der Waals surface area contributed by atoms with Crippen molar-refractivity contribution in [3.05, 3.63) is 39.7 Å². The number of aliphatic hydroxyl groups is 1. The summed E-state index contributed by atoms with van der Waals surface area (Å²) >= 11 is 0. The number of alkyl halides is 2. The Balaban J connectivity index is 2.73. The lowest BCUT2D eigenvalue weighted by Crippen LogP contribution is -2.35. The normalized spacial score (nSPS) is 12.3. The zero-order valence-corrected chi connectivity index (χ0v) is 9.35. The highest BCUT2D eigenvalue weighted by Gasteiger charge is 2.20. The van der Waals surface area contributed by atoms with Crippen molar-refractivity contribution < 1.29 is 28.0 Å². The molecular formula is C10H9F3N2O4. The molecule has 1 unspecified atom stereocenters. The molecule has 1 atom stereocenters. The van der Waals surface area contributed by atoms with E-state index in [4.69, 9.17) is 5.11 Å². The lowest BCUT2D eigenvalue weighted by molar-refractivity contribution is -0.387. The van der Waals surface area contributed by atoms with Gasteiger partial charge < -0.3 is 10.4 Å². The number of rotatable bonds is 5. The van der Waals surface area contributed by atoms with Gasteiger partial charge in [-0.1, -0.05) is 0 Å². The first kappa shape index (κ1) is 14.9. The van der Waals surface area contributed by atoms with Crippen LogP contribution in [0.4, 0.5) is 18.9 Å². The minimum atomic E-state index is -3.02. The summed E-state index contributed by atoms with van der Waals surface area (Å²) in [4.78, 5) is 20.8. The van der Waals surface area contributed by atoms with Crippen LogP contribution in [0.5, 0.6) is 0 Å². The summed E-state index contributed by atoms with van der Waals surface area (Å²) < 4.78 is 37.1. The minimum Gasteiger partial charge on any atom is -0.385 e. The molecule has 0 aliphatic rings. The molecule has 0 fully saturated rings. The minimum absolute atomic E-state index is 0.274. The summed E-state index contributed by atoms with van der Waals surface area (Å²) in [6.07, 6.45) is -5.05. The van der Waals surface area contributed by atoms with Gasteiger partial charge in [0.2, 0.25) is 5.82 Å². The van der Waals surface area contributed by atoms with E-state index in [-0.39, 0.29) is 5.56 Å². The number of nitro benzene ring substituents is 1. The number of nitro groups is 1. The zero-order valence-electron chi connectivity index (χ0n) is 9.35. The molecule has 9 heteroatoms. The quantitative estimate of drug-likeness (QED) is 0.623. The number of hydrogen-bond acceptors (Lipinski definition) is 4. The van der Waals surface area contributed by atoms with Gasteiger partial charge in [-0.05, 0) is 12.1 Å². The average Bonchev–Trinajstić information content (AvgIpc) is 2.34. The molecule has 0 aromatic heterocycles. The first-order chi connectivity index (χ1) is 8.82. The van der Waals surface area contributed by atoms with Gasteiger partial charge >= 0.3 is 5.69 Å². The van der Waals surface area contributed by atoms with Crippen LogP contribution in [-0.2, 0) is 0 Å². The molecule has 104 valence electrons. The molecule has 1 rings (SSSR count). The second-order valence-electron chi connectivity index (χ2n) is 3.54. The Morgan fingerprint density at radius 1 is 1.47 bits per heavy atom. The van der Waals surface area contributed by atoms with Crippen LogP contribution in [-0.4, -0.2) is 35.0 Å². The topological polar surface area (TPSA) is 92.5 Å². The molecule has 1 amide bonds. The molecule has 19 heavy (non-hydrogen) atoms. The third-order valence-corrected chi connectivity index (χ3v) is 2.17. The fourth-order valence-corrected chi connectivity index (χ4v) is 1.18. The Kier molecular flexibility index (Phi) is 4.81. The first-order valence-corrected chi connectivity index (χ1v) is 5.01. The first-order valence-electron chi connectivity index (χ1n) is 5.01. The third-order valence-electron chi connectivity index (χ3n) is 2.17. The Bertz CT molecular complexity index is 496. The molecule has 0 saturated heterocycles. The van der Waals surface area contributed by atoms with Crippen molar-refractivity contribution in [3.63, 3.8) is 0 Å². The van der Waals surface area contributed by atoms with E-state index >= 15 is 0 Å². The summed E-state index contributed by atoms with van der Waals surface area (Å²) in [5.41, 5.74) is -1.08. The van der Waals surface area contributed by atoms with Gasteiger partial charge in [0.1, 0.15) is 6.10 Å². The number of nitrogens with one attached hydrogen (secondary N) is 1. The summed E-state index contributed by atoms with van der Waals surface area (Å²) in [7, 11) is 0. The van der Waals surface area contributed by atoms with E-state index in [2.05, 4.69) is 0 Å². The Hall–Kier alpha value is -2.16. The van der Waals surface area contributed by atoms with E-state index in [0.29, 0.717) is 6.07 Å². The number of nitrogens with zero attached hydrogens (tertiary/aromatic N) is 1. The largest absolute Gasteiger partial charge is 0.385 e. The number of hydrogen-bond donors (Lipinski definition) is 2. The molecule has 0 saturated carbocycles. The number of aliphatic hydroxyl groups excluding tert-OH is 1. The lowest BCUT2D eigenvalue weighted by atomic mass is 10.2. The van der Waals surface area contributed by atoms with Gasteiger partial charge in [-0.25, -0.2) is 8.78 Å². The number of amides is 1. The fraction of sp³-hybridized carbons (Fsp3) is 0.300. The number of benzene rings is 1. The predicted octanol–water partition coefficient (Wildman–Crippen LogP) is 1.09. The maximum Gasteiger partial charge on any atom is 0.304 e. The van der Waals surface area contributed by atoms with Crippen LogP contribution < -0.4 is 5.32 Å². The van der Waals surface area contributed by atoms with Crippen LogP contribution in [0.25, 0.3) is 0 Å². The summed E-state index contributed by atoms with van der Waals surface area (Å²) in [6, 6.07) is 2.38. The van der Waals surface area contributed by atoms with Crippen molar-refractivity contribution in [2.24, 2.45) is 0 Å². The van der Waals surface area contributed by atoms with Gasteiger partial charge in [-0.3, -0.25) is 14.9 Å². The monoisotopic (exact) mass is 278 g/mol. The SMILES string of the molecule is O=C(NCC(O)C(F)F)c1ccc([N+](=O)[O-])c(F)c1.